The van der Waals surface area contributed by atoms with Crippen molar-refractivity contribution >= 4 is 35.1 Å². The molecule has 1 heterocycles. The van der Waals surface area contributed by atoms with Crippen molar-refractivity contribution in [3.8, 4) is 0 Å². The lowest BCUT2D eigenvalue weighted by Gasteiger charge is -2.10. The molecule has 1 aliphatic carbocycles. The highest BCUT2D eigenvalue weighted by molar-refractivity contribution is 6.10. The zero-order chi connectivity index (χ0) is 18.8. The lowest BCUT2D eigenvalue weighted by molar-refractivity contribution is 0.0585. The monoisotopic (exact) mass is 359 g/mol. The summed E-state index contributed by atoms with van der Waals surface area (Å²) in [5, 5.41) is 0.819. The Morgan fingerprint density at radius 1 is 0.963 bits per heavy atom. The highest BCUT2D eigenvalue weighted by atomic mass is 16.6. The molecule has 0 amide bonds. The van der Waals surface area contributed by atoms with E-state index in [-0.39, 0.29) is 12.3 Å². The van der Waals surface area contributed by atoms with Crippen LogP contribution in [0, 0.1) is 0 Å². The van der Waals surface area contributed by atoms with Crippen LogP contribution in [0.15, 0.2) is 60.7 Å². The van der Waals surface area contributed by atoms with Gasteiger partial charge in [-0.2, -0.15) is 0 Å². The number of rotatable bonds is 3. The van der Waals surface area contributed by atoms with Crippen LogP contribution in [0.2, 0.25) is 0 Å². The van der Waals surface area contributed by atoms with Crippen molar-refractivity contribution in [3.63, 3.8) is 0 Å². The van der Waals surface area contributed by atoms with Crippen LogP contribution in [-0.2, 0) is 16.1 Å². The quantitative estimate of drug-likeness (QED) is 0.639. The Hall–Kier alpha value is -3.60. The van der Waals surface area contributed by atoms with Gasteiger partial charge >= 0.3 is 12.1 Å². The number of benzene rings is 2. The fourth-order valence-corrected chi connectivity index (χ4v) is 3.28. The van der Waals surface area contributed by atoms with Gasteiger partial charge in [0, 0.05) is 10.9 Å². The fraction of sp³-hybridized carbons (Fsp3) is 0.0909. The normalized spacial score (nSPS) is 12.0. The second kappa shape index (κ2) is 6.96. The van der Waals surface area contributed by atoms with Gasteiger partial charge in [-0.15, -0.1) is 0 Å². The summed E-state index contributed by atoms with van der Waals surface area (Å²) in [7, 11) is 1.30. The van der Waals surface area contributed by atoms with E-state index in [0.717, 1.165) is 16.5 Å². The Morgan fingerprint density at radius 3 is 2.52 bits per heavy atom. The molecule has 0 fully saturated rings. The smallest absolute Gasteiger partial charge is 0.419 e. The molecular weight excluding hydrogens is 342 g/mol. The number of hydrogen-bond donors (Lipinski definition) is 0. The Balaban J connectivity index is 1.84. The van der Waals surface area contributed by atoms with Crippen LogP contribution in [0.4, 0.5) is 4.79 Å². The maximum Gasteiger partial charge on any atom is 0.419 e. The molecule has 0 radical (unpaired) electrons. The number of carbonyl (C=O) groups is 2. The summed E-state index contributed by atoms with van der Waals surface area (Å²) in [6.07, 6.45) is 6.86. The molecule has 0 atom stereocenters. The van der Waals surface area contributed by atoms with E-state index in [4.69, 9.17) is 9.47 Å². The van der Waals surface area contributed by atoms with Crippen molar-refractivity contribution in [2.45, 2.75) is 6.61 Å². The van der Waals surface area contributed by atoms with Crippen LogP contribution in [0.1, 0.15) is 27.2 Å². The first kappa shape index (κ1) is 16.8. The molecule has 27 heavy (non-hydrogen) atoms. The number of nitrogens with zero attached hydrogens (tertiary/aromatic N) is 1. The maximum atomic E-state index is 12.9. The number of methoxy groups -OCH3 is 1. The largest absolute Gasteiger partial charge is 0.464 e. The second-order valence-corrected chi connectivity index (χ2v) is 6.09. The zero-order valence-corrected chi connectivity index (χ0v) is 14.7. The molecule has 0 saturated heterocycles. The highest BCUT2D eigenvalue weighted by Crippen LogP contribution is 2.33. The molecule has 0 aliphatic heterocycles. The zero-order valence-electron chi connectivity index (χ0n) is 14.7. The summed E-state index contributed by atoms with van der Waals surface area (Å²) >= 11 is 0. The molecule has 5 heteroatoms. The van der Waals surface area contributed by atoms with Gasteiger partial charge in [0.2, 0.25) is 0 Å². The summed E-state index contributed by atoms with van der Waals surface area (Å²) in [6, 6.07) is 15.0. The second-order valence-electron chi connectivity index (χ2n) is 6.09. The van der Waals surface area contributed by atoms with Gasteiger partial charge < -0.3 is 9.47 Å². The minimum Gasteiger partial charge on any atom is -0.464 e. The predicted octanol–water partition coefficient (Wildman–Crippen LogP) is 4.65. The Kier molecular flexibility index (Phi) is 4.34. The first-order valence-electron chi connectivity index (χ1n) is 8.52. The van der Waals surface area contributed by atoms with E-state index in [1.807, 2.05) is 66.8 Å². The predicted molar refractivity (Wildman–Crippen MR) is 103 cm³/mol. The molecule has 0 N–H and O–H groups in total. The number of allylic oxidation sites excluding steroid dienone is 2. The topological polar surface area (TPSA) is 57.5 Å². The minimum atomic E-state index is -0.620. The number of esters is 1. The lowest BCUT2D eigenvalue weighted by Crippen LogP contribution is -2.20. The van der Waals surface area contributed by atoms with Crippen molar-refractivity contribution < 1.29 is 19.1 Å². The molecule has 1 aromatic heterocycles. The van der Waals surface area contributed by atoms with Crippen LogP contribution in [0.5, 0.6) is 0 Å². The van der Waals surface area contributed by atoms with Crippen molar-refractivity contribution in [2.24, 2.45) is 0 Å². The van der Waals surface area contributed by atoms with E-state index in [2.05, 4.69) is 0 Å². The molecule has 0 bridgehead atoms. The van der Waals surface area contributed by atoms with Crippen molar-refractivity contribution in [1.82, 2.24) is 4.57 Å². The van der Waals surface area contributed by atoms with E-state index >= 15 is 0 Å². The summed E-state index contributed by atoms with van der Waals surface area (Å²) < 4.78 is 11.7. The number of aromatic nitrogens is 1. The first-order chi connectivity index (χ1) is 13.2. The Bertz CT molecular complexity index is 1090. The molecule has 0 saturated carbocycles. The van der Waals surface area contributed by atoms with E-state index in [0.29, 0.717) is 11.1 Å². The third-order valence-corrected chi connectivity index (χ3v) is 4.48. The van der Waals surface area contributed by atoms with Crippen LogP contribution in [0.25, 0.3) is 23.1 Å². The summed E-state index contributed by atoms with van der Waals surface area (Å²) in [6.45, 7) is 0.116. The van der Waals surface area contributed by atoms with E-state index in [1.54, 1.807) is 6.07 Å². The number of ether oxygens (including phenoxy) is 2. The van der Waals surface area contributed by atoms with Gasteiger partial charge in [0.05, 0.1) is 12.6 Å². The summed E-state index contributed by atoms with van der Waals surface area (Å²) in [4.78, 5) is 25.4. The summed E-state index contributed by atoms with van der Waals surface area (Å²) in [5.41, 5.74) is 3.21. The molecule has 0 unspecified atom stereocenters. The van der Waals surface area contributed by atoms with Gasteiger partial charge in [0.1, 0.15) is 12.3 Å². The van der Waals surface area contributed by atoms with Gasteiger partial charge in [-0.1, -0.05) is 66.8 Å². The molecule has 0 spiro atoms. The minimum absolute atomic E-state index is 0.116. The van der Waals surface area contributed by atoms with Crippen molar-refractivity contribution in [1.29, 1.82) is 0 Å². The van der Waals surface area contributed by atoms with Crippen molar-refractivity contribution in [3.05, 3.63) is 83.1 Å². The third kappa shape index (κ3) is 2.93. The van der Waals surface area contributed by atoms with E-state index in [9.17, 15) is 9.59 Å². The van der Waals surface area contributed by atoms with Crippen molar-refractivity contribution in [2.75, 3.05) is 7.11 Å². The average molecular weight is 359 g/mol. The van der Waals surface area contributed by atoms with Crippen LogP contribution >= 0.6 is 0 Å². The van der Waals surface area contributed by atoms with Gasteiger partial charge in [0.15, 0.2) is 0 Å². The van der Waals surface area contributed by atoms with Gasteiger partial charge in [0.25, 0.3) is 0 Å². The Labute approximate surface area is 156 Å². The molecule has 1 aliphatic rings. The highest BCUT2D eigenvalue weighted by Gasteiger charge is 2.28. The van der Waals surface area contributed by atoms with E-state index in [1.165, 1.54) is 11.7 Å². The number of hydrogen-bond acceptors (Lipinski definition) is 4. The molecule has 2 aromatic carbocycles. The van der Waals surface area contributed by atoms with Crippen LogP contribution in [-0.4, -0.2) is 23.7 Å². The molecular formula is C22H17NO4. The van der Waals surface area contributed by atoms with Crippen LogP contribution < -0.4 is 0 Å². The lowest BCUT2D eigenvalue weighted by atomic mass is 10.1. The Morgan fingerprint density at radius 2 is 1.74 bits per heavy atom. The molecule has 5 nitrogen and oxygen atoms in total. The standard InChI is InChI=1S/C22H17NO4/c1-26-21(24)20-17-12-6-5-10-16-11-7-13-18(19(16)17)23(20)22(25)27-14-15-8-3-2-4-9-15/h2-13H,14H2,1H3. The number of carbonyl (C=O) groups excluding carboxylic acids is 2. The maximum absolute atomic E-state index is 12.9. The van der Waals surface area contributed by atoms with Gasteiger partial charge in [-0.05, 0) is 17.2 Å². The third-order valence-electron chi connectivity index (χ3n) is 4.48. The van der Waals surface area contributed by atoms with Crippen LogP contribution in [0.3, 0.4) is 0 Å². The SMILES string of the molecule is COC(=O)c1c2c3c(cccc3n1C(=O)OCc1ccccc1)C=CC=C2. The molecule has 134 valence electrons. The fourth-order valence-electron chi connectivity index (χ4n) is 3.28. The van der Waals surface area contributed by atoms with Gasteiger partial charge in [-0.25, -0.2) is 14.2 Å². The molecule has 3 aromatic rings. The molecule has 4 rings (SSSR count). The average Bonchev–Trinajstić information content (AvgIpc) is 2.88. The first-order valence-corrected chi connectivity index (χ1v) is 8.52. The van der Waals surface area contributed by atoms with E-state index < -0.39 is 12.1 Å². The van der Waals surface area contributed by atoms with Gasteiger partial charge in [-0.3, -0.25) is 0 Å². The summed E-state index contributed by atoms with van der Waals surface area (Å²) in [5.74, 6) is -0.588.